The number of amides is 1. The molecule has 2 fully saturated rings. The summed E-state index contributed by atoms with van der Waals surface area (Å²) in [6.07, 6.45) is 5.59. The first kappa shape index (κ1) is 21.1. The summed E-state index contributed by atoms with van der Waals surface area (Å²) in [7, 11) is -3.62. The molecule has 1 saturated carbocycles. The van der Waals surface area contributed by atoms with Crippen LogP contribution in [0.4, 0.5) is 0 Å². The van der Waals surface area contributed by atoms with Gasteiger partial charge < -0.3 is 10.0 Å². The second-order valence-corrected chi connectivity index (χ2v) is 10.6. The number of rotatable bonds is 4. The summed E-state index contributed by atoms with van der Waals surface area (Å²) < 4.78 is 27.4. The molecule has 0 unspecified atom stereocenters. The average molecular weight is 433 g/mol. The molecule has 5 rings (SSSR count). The van der Waals surface area contributed by atoms with Crippen molar-refractivity contribution in [3.8, 4) is 0 Å². The number of aliphatic carboxylic acids is 1. The Morgan fingerprint density at radius 1 is 0.933 bits per heavy atom. The minimum atomic E-state index is -3.62. The van der Waals surface area contributed by atoms with Crippen molar-refractivity contribution in [1.29, 1.82) is 0 Å². The highest BCUT2D eigenvalue weighted by atomic mass is 32.2. The van der Waals surface area contributed by atoms with Crippen molar-refractivity contribution in [2.45, 2.75) is 31.6 Å². The molecular formula is C22H28N2O5S. The quantitative estimate of drug-likeness (QED) is 0.735. The molecule has 2 bridgehead atoms. The number of fused-ring (bicyclic) bond motifs is 2. The number of hydrogen-bond donors (Lipinski definition) is 1. The molecule has 0 spiro atoms. The number of piperazine rings is 1. The number of nitrogens with zero attached hydrogens (tertiary/aromatic N) is 2. The van der Waals surface area contributed by atoms with Crippen molar-refractivity contribution in [2.75, 3.05) is 26.2 Å². The van der Waals surface area contributed by atoms with Crippen LogP contribution in [0.5, 0.6) is 0 Å². The smallest absolute Gasteiger partial charge is 0.307 e. The third-order valence-corrected chi connectivity index (χ3v) is 8.88. The summed E-state index contributed by atoms with van der Waals surface area (Å²) in [4.78, 5) is 27.0. The highest BCUT2D eigenvalue weighted by Crippen LogP contribution is 2.45. The van der Waals surface area contributed by atoms with Crippen LogP contribution in [0.15, 0.2) is 35.2 Å². The van der Waals surface area contributed by atoms with E-state index in [0.29, 0.717) is 0 Å². The lowest BCUT2D eigenvalue weighted by atomic mass is 9.62. The first-order valence-electron chi connectivity index (χ1n) is 10.5. The molecule has 1 amide bonds. The fourth-order valence-corrected chi connectivity index (χ4v) is 6.56. The van der Waals surface area contributed by atoms with Crippen molar-refractivity contribution in [3.63, 3.8) is 0 Å². The van der Waals surface area contributed by atoms with E-state index in [1.54, 1.807) is 23.1 Å². The molecule has 1 aliphatic heterocycles. The maximum Gasteiger partial charge on any atom is 0.307 e. The zero-order valence-electron chi connectivity index (χ0n) is 17.3. The molecule has 8 heteroatoms. The number of sulfonamides is 1. The Morgan fingerprint density at radius 2 is 1.53 bits per heavy atom. The van der Waals surface area contributed by atoms with Crippen molar-refractivity contribution in [1.82, 2.24) is 9.21 Å². The molecule has 4 atom stereocenters. The normalized spacial score (nSPS) is 29.2. The van der Waals surface area contributed by atoms with E-state index in [4.69, 9.17) is 0 Å². The lowest BCUT2D eigenvalue weighted by molar-refractivity contribution is -0.157. The van der Waals surface area contributed by atoms with Crippen LogP contribution in [-0.4, -0.2) is 60.8 Å². The molecule has 1 aromatic rings. The monoisotopic (exact) mass is 432 g/mol. The first-order valence-corrected chi connectivity index (χ1v) is 11.9. The standard InChI is InChI=1S/C22H28N2O5S/c1-14-3-8-18(13-15(14)2)30(28,29)24-11-9-23(10-12-24)21(25)19-16-4-6-17(7-5-16)20(19)22(26)27/h3-4,6,8,13,16-17,19-20H,5,7,9-12H2,1-2H3,(H,26,27)/t16-,17+,19-,20+/m1/s1. The fraction of sp³-hybridized carbons (Fsp3) is 0.545. The van der Waals surface area contributed by atoms with Crippen molar-refractivity contribution in [3.05, 3.63) is 41.5 Å². The number of carbonyl (C=O) groups excluding carboxylic acids is 1. The lowest BCUT2D eigenvalue weighted by Gasteiger charge is -2.45. The van der Waals surface area contributed by atoms with E-state index in [-0.39, 0.29) is 48.8 Å². The van der Waals surface area contributed by atoms with Crippen molar-refractivity contribution >= 4 is 21.9 Å². The second-order valence-electron chi connectivity index (χ2n) is 8.66. The highest BCUT2D eigenvalue weighted by Gasteiger charge is 2.49. The SMILES string of the molecule is Cc1ccc(S(=O)(=O)N2CCN(C(=O)[C@H]3[C@@H](C(=O)O)[C@H]4C=C[C@@H]3CC4)CC2)cc1C. The summed E-state index contributed by atoms with van der Waals surface area (Å²) in [5.74, 6) is -2.42. The molecule has 4 aliphatic rings. The van der Waals surface area contributed by atoms with Gasteiger partial charge in [0.2, 0.25) is 15.9 Å². The summed E-state index contributed by atoms with van der Waals surface area (Å²) >= 11 is 0. The van der Waals surface area contributed by atoms with Gasteiger partial charge in [-0.05, 0) is 61.8 Å². The third-order valence-electron chi connectivity index (χ3n) is 6.99. The number of benzene rings is 1. The van der Waals surface area contributed by atoms with Gasteiger partial charge in [0, 0.05) is 26.2 Å². The minimum absolute atomic E-state index is 0.0408. The molecule has 1 N–H and O–H groups in total. The van der Waals surface area contributed by atoms with Crippen LogP contribution in [0.2, 0.25) is 0 Å². The Morgan fingerprint density at radius 3 is 2.07 bits per heavy atom. The summed E-state index contributed by atoms with van der Waals surface area (Å²) in [5, 5.41) is 9.70. The molecular weight excluding hydrogens is 404 g/mol. The van der Waals surface area contributed by atoms with Gasteiger partial charge in [0.25, 0.3) is 0 Å². The molecule has 162 valence electrons. The number of carboxylic acids is 1. The number of hydrogen-bond acceptors (Lipinski definition) is 4. The average Bonchev–Trinajstić information content (AvgIpc) is 2.75. The van der Waals surface area contributed by atoms with Crippen LogP contribution >= 0.6 is 0 Å². The Kier molecular flexibility index (Phi) is 5.48. The van der Waals surface area contributed by atoms with E-state index in [0.717, 1.165) is 24.0 Å². The van der Waals surface area contributed by atoms with Gasteiger partial charge in [-0.25, -0.2) is 8.42 Å². The van der Waals surface area contributed by atoms with E-state index in [1.807, 2.05) is 26.0 Å². The molecule has 30 heavy (non-hydrogen) atoms. The zero-order chi connectivity index (χ0) is 21.6. The van der Waals surface area contributed by atoms with E-state index in [1.165, 1.54) is 4.31 Å². The fourth-order valence-electron chi connectivity index (χ4n) is 5.05. The maximum absolute atomic E-state index is 13.2. The van der Waals surface area contributed by atoms with Crippen LogP contribution in [0.1, 0.15) is 24.0 Å². The summed E-state index contributed by atoms with van der Waals surface area (Å²) in [6, 6.07) is 5.11. The molecule has 1 aromatic carbocycles. The van der Waals surface area contributed by atoms with Gasteiger partial charge in [-0.1, -0.05) is 18.2 Å². The van der Waals surface area contributed by atoms with E-state index in [9.17, 15) is 23.1 Å². The Balaban J connectivity index is 1.46. The van der Waals surface area contributed by atoms with E-state index < -0.39 is 27.8 Å². The van der Waals surface area contributed by atoms with Crippen LogP contribution in [0.3, 0.4) is 0 Å². The van der Waals surface area contributed by atoms with E-state index in [2.05, 4.69) is 0 Å². The largest absolute Gasteiger partial charge is 0.481 e. The van der Waals surface area contributed by atoms with Gasteiger partial charge in [-0.3, -0.25) is 9.59 Å². The second kappa shape index (κ2) is 7.81. The topological polar surface area (TPSA) is 95.0 Å². The van der Waals surface area contributed by atoms with E-state index >= 15 is 0 Å². The lowest BCUT2D eigenvalue weighted by Crippen LogP contribution is -2.55. The summed E-state index contributed by atoms with van der Waals surface area (Å²) in [6.45, 7) is 4.83. The van der Waals surface area contributed by atoms with Crippen LogP contribution in [0.25, 0.3) is 0 Å². The number of carboxylic acid groups (broad SMARTS) is 1. The predicted molar refractivity (Wildman–Crippen MR) is 111 cm³/mol. The molecule has 3 aliphatic carbocycles. The van der Waals surface area contributed by atoms with Gasteiger partial charge in [-0.2, -0.15) is 4.31 Å². The van der Waals surface area contributed by atoms with Gasteiger partial charge in [-0.15, -0.1) is 0 Å². The molecule has 1 heterocycles. The minimum Gasteiger partial charge on any atom is -0.481 e. The third kappa shape index (κ3) is 3.56. The van der Waals surface area contributed by atoms with Crippen molar-refractivity contribution in [2.24, 2.45) is 23.7 Å². The van der Waals surface area contributed by atoms with Crippen LogP contribution in [0, 0.1) is 37.5 Å². The molecule has 0 radical (unpaired) electrons. The van der Waals surface area contributed by atoms with Gasteiger partial charge in [0.15, 0.2) is 0 Å². The molecule has 0 aromatic heterocycles. The van der Waals surface area contributed by atoms with Gasteiger partial charge in [0.1, 0.15) is 0 Å². The predicted octanol–water partition coefficient (Wildman–Crippen LogP) is 2.05. The highest BCUT2D eigenvalue weighted by molar-refractivity contribution is 7.89. The number of allylic oxidation sites excluding steroid dienone is 2. The van der Waals surface area contributed by atoms with Gasteiger partial charge in [0.05, 0.1) is 16.7 Å². The Bertz CT molecular complexity index is 995. The first-order chi connectivity index (χ1) is 14.2. The van der Waals surface area contributed by atoms with Crippen LogP contribution in [-0.2, 0) is 19.6 Å². The van der Waals surface area contributed by atoms with Crippen molar-refractivity contribution < 1.29 is 23.1 Å². The number of carbonyl (C=O) groups is 2. The maximum atomic E-state index is 13.2. The summed E-state index contributed by atoms with van der Waals surface area (Å²) in [5.41, 5.74) is 1.96. The Hall–Kier alpha value is -2.19. The van der Waals surface area contributed by atoms with Gasteiger partial charge >= 0.3 is 5.97 Å². The Labute approximate surface area is 177 Å². The molecule has 1 saturated heterocycles. The number of aryl methyl sites for hydroxylation is 2. The molecule has 7 nitrogen and oxygen atoms in total. The zero-order valence-corrected chi connectivity index (χ0v) is 18.1. The van der Waals surface area contributed by atoms with Crippen LogP contribution < -0.4 is 0 Å².